The van der Waals surface area contributed by atoms with E-state index in [1.165, 1.54) is 0 Å². The summed E-state index contributed by atoms with van der Waals surface area (Å²) in [6.07, 6.45) is 1.77. The second-order valence-corrected chi connectivity index (χ2v) is 7.28. The lowest BCUT2D eigenvalue weighted by atomic mass is 9.98. The molecule has 0 unspecified atom stereocenters. The second kappa shape index (κ2) is 9.79. The molecule has 8 nitrogen and oxygen atoms in total. The van der Waals surface area contributed by atoms with Crippen LogP contribution in [0.25, 0.3) is 22.5 Å². The van der Waals surface area contributed by atoms with Crippen LogP contribution in [0.4, 0.5) is 0 Å². The normalized spacial score (nSPS) is 10.6. The number of hydrogen-bond acceptors (Lipinski definition) is 6. The molecule has 2 aromatic carbocycles. The van der Waals surface area contributed by atoms with E-state index in [2.05, 4.69) is 66.8 Å². The van der Waals surface area contributed by atoms with Gasteiger partial charge in [-0.25, -0.2) is 14.8 Å². The van der Waals surface area contributed by atoms with Gasteiger partial charge < -0.3 is 0 Å². The molecule has 0 spiro atoms. The van der Waals surface area contributed by atoms with E-state index in [0.717, 1.165) is 34.5 Å². The van der Waals surface area contributed by atoms with Gasteiger partial charge in [0.05, 0.1) is 0 Å². The molecular formula is C24H23N7O. The smallest absolute Gasteiger partial charge is 0.217 e. The van der Waals surface area contributed by atoms with Gasteiger partial charge in [-0.2, -0.15) is 0 Å². The van der Waals surface area contributed by atoms with Crippen LogP contribution in [0.1, 0.15) is 48.7 Å². The average Bonchev–Trinajstić information content (AvgIpc) is 3.49. The summed E-state index contributed by atoms with van der Waals surface area (Å²) in [5, 5.41) is 18.6. The first-order chi connectivity index (χ1) is 15.7. The number of ketones is 1. The largest absolute Gasteiger partial charge is 0.291 e. The Morgan fingerprint density at radius 1 is 1.09 bits per heavy atom. The topological polar surface area (TPSA) is 102 Å². The highest BCUT2D eigenvalue weighted by molar-refractivity contribution is 5.92. The van der Waals surface area contributed by atoms with Crippen LogP contribution < -0.4 is 0 Å². The van der Waals surface area contributed by atoms with Crippen LogP contribution in [0.3, 0.4) is 0 Å². The first-order valence-corrected chi connectivity index (χ1v) is 10.5. The number of H-pyrrole nitrogens is 1. The minimum atomic E-state index is -0.0363. The Bertz CT molecular complexity index is 1260. The highest BCUT2D eigenvalue weighted by Gasteiger charge is 2.16. The third kappa shape index (κ3) is 4.62. The molecule has 32 heavy (non-hydrogen) atoms. The van der Waals surface area contributed by atoms with E-state index in [-0.39, 0.29) is 11.6 Å². The molecule has 0 aliphatic carbocycles. The molecule has 0 aliphatic rings. The van der Waals surface area contributed by atoms with Crippen molar-refractivity contribution in [1.29, 1.82) is 0 Å². The van der Waals surface area contributed by atoms with E-state index in [0.29, 0.717) is 25.2 Å². The molecule has 4 aromatic rings. The monoisotopic (exact) mass is 425 g/mol. The molecule has 1 N–H and O–H groups in total. The fourth-order valence-corrected chi connectivity index (χ4v) is 3.44. The van der Waals surface area contributed by atoms with Gasteiger partial charge in [-0.15, -0.1) is 16.1 Å². The third-order valence-electron chi connectivity index (χ3n) is 5.04. The molecule has 0 bridgehead atoms. The second-order valence-electron chi connectivity index (χ2n) is 7.28. The standard InChI is InChI=1S/C24H23N7O/c1-3-5-15-31-22(25-24(28-31)21(32)8-4-2)16-17-11-13-18(14-12-17)19-9-6-7-10-20(19)23-26-29-30-27-23/h6-7,9-14H,4,8,15-16H2,1-2H3,(H,26,27,29,30). The van der Waals surface area contributed by atoms with Crippen molar-refractivity contribution in [2.24, 2.45) is 0 Å². The average molecular weight is 425 g/mol. The highest BCUT2D eigenvalue weighted by Crippen LogP contribution is 2.29. The minimum absolute atomic E-state index is 0.0363. The van der Waals surface area contributed by atoms with Crippen LogP contribution in [0.15, 0.2) is 48.5 Å². The summed E-state index contributed by atoms with van der Waals surface area (Å²) in [6, 6.07) is 16.2. The van der Waals surface area contributed by atoms with Gasteiger partial charge in [0.1, 0.15) is 12.4 Å². The lowest BCUT2D eigenvalue weighted by molar-refractivity contribution is 0.0971. The Morgan fingerprint density at radius 2 is 1.88 bits per heavy atom. The van der Waals surface area contributed by atoms with E-state index in [4.69, 9.17) is 0 Å². The van der Waals surface area contributed by atoms with Crippen molar-refractivity contribution in [2.75, 3.05) is 0 Å². The molecule has 0 radical (unpaired) electrons. The Hall–Kier alpha value is -4.12. The number of Topliss-reactive ketones (excluding diaryl/α,β-unsaturated/α-hetero) is 1. The van der Waals surface area contributed by atoms with E-state index in [1.54, 1.807) is 11.6 Å². The van der Waals surface area contributed by atoms with Gasteiger partial charge in [-0.3, -0.25) is 4.79 Å². The molecule has 160 valence electrons. The maximum absolute atomic E-state index is 12.3. The summed E-state index contributed by atoms with van der Waals surface area (Å²) in [5.74, 6) is 7.47. The van der Waals surface area contributed by atoms with Gasteiger partial charge in [0.15, 0.2) is 5.82 Å². The van der Waals surface area contributed by atoms with Crippen LogP contribution in [0, 0.1) is 11.8 Å². The molecule has 0 aliphatic heterocycles. The van der Waals surface area contributed by atoms with Crippen LogP contribution in [-0.2, 0) is 13.0 Å². The number of hydrogen-bond donors (Lipinski definition) is 1. The van der Waals surface area contributed by atoms with Gasteiger partial charge in [0.25, 0.3) is 0 Å². The Balaban J connectivity index is 1.60. The number of nitrogens with zero attached hydrogens (tertiary/aromatic N) is 6. The SMILES string of the molecule is CC#CCn1nc(C(=O)CCC)nc1Cc1ccc(-c2ccccc2-c2nnn[nH]2)cc1. The van der Waals surface area contributed by atoms with Crippen molar-refractivity contribution >= 4 is 5.78 Å². The van der Waals surface area contributed by atoms with Gasteiger partial charge in [-0.1, -0.05) is 61.4 Å². The molecular weight excluding hydrogens is 402 g/mol. The zero-order valence-electron chi connectivity index (χ0n) is 18.0. The van der Waals surface area contributed by atoms with Crippen molar-refractivity contribution < 1.29 is 4.79 Å². The molecule has 2 aromatic heterocycles. The fourth-order valence-electron chi connectivity index (χ4n) is 3.44. The van der Waals surface area contributed by atoms with Crippen LogP contribution in [-0.4, -0.2) is 41.2 Å². The molecule has 0 saturated carbocycles. The number of carbonyl (C=O) groups is 1. The predicted molar refractivity (Wildman–Crippen MR) is 121 cm³/mol. The quantitative estimate of drug-likeness (QED) is 0.341. The maximum Gasteiger partial charge on any atom is 0.217 e. The van der Waals surface area contributed by atoms with E-state index >= 15 is 0 Å². The number of tetrazole rings is 1. The lowest BCUT2D eigenvalue weighted by Crippen LogP contribution is -2.06. The van der Waals surface area contributed by atoms with Crippen molar-refractivity contribution in [2.45, 2.75) is 39.7 Å². The molecule has 0 fully saturated rings. The summed E-state index contributed by atoms with van der Waals surface area (Å²) < 4.78 is 1.72. The van der Waals surface area contributed by atoms with Crippen molar-refractivity contribution in [3.63, 3.8) is 0 Å². The number of aromatic nitrogens is 7. The molecule has 0 atom stereocenters. The molecule has 0 amide bonds. The zero-order valence-corrected chi connectivity index (χ0v) is 18.0. The minimum Gasteiger partial charge on any atom is -0.291 e. The van der Waals surface area contributed by atoms with Crippen molar-refractivity contribution in [1.82, 2.24) is 35.4 Å². The van der Waals surface area contributed by atoms with Crippen molar-refractivity contribution in [3.05, 3.63) is 65.7 Å². The number of aromatic amines is 1. The predicted octanol–water partition coefficient (Wildman–Crippen LogP) is 3.72. The number of benzene rings is 2. The number of nitrogens with one attached hydrogen (secondary N) is 1. The van der Waals surface area contributed by atoms with Crippen LogP contribution in [0.2, 0.25) is 0 Å². The van der Waals surface area contributed by atoms with E-state index < -0.39 is 0 Å². The van der Waals surface area contributed by atoms with Crippen LogP contribution in [0.5, 0.6) is 0 Å². The van der Waals surface area contributed by atoms with Gasteiger partial charge in [0, 0.05) is 18.4 Å². The third-order valence-corrected chi connectivity index (χ3v) is 5.04. The Kier molecular flexibility index (Phi) is 6.46. The van der Waals surface area contributed by atoms with Crippen molar-refractivity contribution in [3.8, 4) is 34.4 Å². The van der Waals surface area contributed by atoms with E-state index in [1.807, 2.05) is 31.2 Å². The first kappa shape index (κ1) is 21.1. The summed E-state index contributed by atoms with van der Waals surface area (Å²) in [4.78, 5) is 16.8. The molecule has 4 rings (SSSR count). The molecule has 0 saturated heterocycles. The molecule has 2 heterocycles. The lowest BCUT2D eigenvalue weighted by Gasteiger charge is -2.08. The number of rotatable bonds is 8. The zero-order chi connectivity index (χ0) is 22.3. The summed E-state index contributed by atoms with van der Waals surface area (Å²) >= 11 is 0. The Labute approximate surface area is 186 Å². The number of carbonyl (C=O) groups excluding carboxylic acids is 1. The highest BCUT2D eigenvalue weighted by atomic mass is 16.1. The Morgan fingerprint density at radius 3 is 2.56 bits per heavy atom. The van der Waals surface area contributed by atoms with Crippen LogP contribution >= 0.6 is 0 Å². The maximum atomic E-state index is 12.3. The van der Waals surface area contributed by atoms with Gasteiger partial charge >= 0.3 is 0 Å². The fraction of sp³-hybridized carbons (Fsp3) is 0.250. The summed E-state index contributed by atoms with van der Waals surface area (Å²) in [6.45, 7) is 4.16. The summed E-state index contributed by atoms with van der Waals surface area (Å²) in [5.41, 5.74) is 4.09. The van der Waals surface area contributed by atoms with Gasteiger partial charge in [0.2, 0.25) is 11.6 Å². The molecule has 8 heteroatoms. The summed E-state index contributed by atoms with van der Waals surface area (Å²) in [7, 11) is 0. The van der Waals surface area contributed by atoms with E-state index in [9.17, 15) is 4.79 Å². The first-order valence-electron chi connectivity index (χ1n) is 10.5. The van der Waals surface area contributed by atoms with Gasteiger partial charge in [-0.05, 0) is 40.5 Å².